The molecule has 0 bridgehead atoms. The summed E-state index contributed by atoms with van der Waals surface area (Å²) in [5.74, 6) is -1.87. The number of likely N-dealkylation sites (tertiary alicyclic amines) is 1. The summed E-state index contributed by atoms with van der Waals surface area (Å²) < 4.78 is 0.856. The third kappa shape index (κ3) is 3.99. The number of aliphatic hydroxyl groups is 1. The molecule has 1 fully saturated rings. The number of carbonyl (C=O) groups is 3. The van der Waals surface area contributed by atoms with Crippen molar-refractivity contribution in [3.8, 4) is 0 Å². The summed E-state index contributed by atoms with van der Waals surface area (Å²) in [7, 11) is 0. The molecule has 0 saturated carbocycles. The zero-order valence-corrected chi connectivity index (χ0v) is 16.8. The molecule has 7 heteroatoms. The third-order valence-corrected chi connectivity index (χ3v) is 5.03. The number of carbonyl (C=O) groups excluding carboxylic acids is 3. The number of benzene rings is 2. The fourth-order valence-electron chi connectivity index (χ4n) is 3.21. The average Bonchev–Trinajstić information content (AvgIpc) is 2.93. The Kier molecular flexibility index (Phi) is 5.94. The predicted molar refractivity (Wildman–Crippen MR) is 108 cm³/mol. The molecule has 1 atom stereocenters. The molecule has 0 aliphatic carbocycles. The fraction of sp³-hybridized carbons (Fsp3) is 0.190. The molecule has 2 amide bonds. The number of hydrogen-bond acceptors (Lipinski definition) is 4. The second kappa shape index (κ2) is 8.39. The van der Waals surface area contributed by atoms with Gasteiger partial charge in [0.2, 0.25) is 5.91 Å². The van der Waals surface area contributed by atoms with Gasteiger partial charge < -0.3 is 15.3 Å². The maximum Gasteiger partial charge on any atom is 0.295 e. The van der Waals surface area contributed by atoms with Crippen molar-refractivity contribution in [3.63, 3.8) is 0 Å². The quantitative estimate of drug-likeness (QED) is 0.423. The largest absolute Gasteiger partial charge is 0.507 e. The van der Waals surface area contributed by atoms with Crippen molar-refractivity contribution in [2.24, 2.45) is 0 Å². The van der Waals surface area contributed by atoms with Crippen LogP contribution in [0.2, 0.25) is 0 Å². The van der Waals surface area contributed by atoms with Crippen molar-refractivity contribution in [3.05, 3.63) is 75.8 Å². The van der Waals surface area contributed by atoms with Crippen molar-refractivity contribution in [1.29, 1.82) is 0 Å². The monoisotopic (exact) mass is 442 g/mol. The topological polar surface area (TPSA) is 86.7 Å². The van der Waals surface area contributed by atoms with Crippen molar-refractivity contribution < 1.29 is 19.5 Å². The highest BCUT2D eigenvalue weighted by atomic mass is 79.9. The molecule has 28 heavy (non-hydrogen) atoms. The Morgan fingerprint density at radius 2 is 1.75 bits per heavy atom. The SMILES string of the molecule is CC(=O)NCCN1C(=O)C(=O)C(=C(O)c2ccccc2)[C@@H]1c1ccc(Br)cc1. The van der Waals surface area contributed by atoms with Crippen molar-refractivity contribution >= 4 is 39.3 Å². The Hall–Kier alpha value is -2.93. The minimum Gasteiger partial charge on any atom is -0.507 e. The van der Waals surface area contributed by atoms with Crippen LogP contribution < -0.4 is 5.32 Å². The summed E-state index contributed by atoms with van der Waals surface area (Å²) in [6.45, 7) is 1.74. The standard InChI is InChI=1S/C21H19BrN2O4/c1-13(25)23-11-12-24-18(14-7-9-16(22)10-8-14)17(20(27)21(24)28)19(26)15-5-3-2-4-6-15/h2-10,18,26H,11-12H2,1H3,(H,23,25)/t18-/m0/s1. The molecule has 0 aromatic heterocycles. The van der Waals surface area contributed by atoms with Crippen LogP contribution in [0.15, 0.2) is 64.6 Å². The van der Waals surface area contributed by atoms with Gasteiger partial charge in [0.1, 0.15) is 5.76 Å². The zero-order valence-electron chi connectivity index (χ0n) is 15.2. The van der Waals surface area contributed by atoms with Crippen molar-refractivity contribution in [1.82, 2.24) is 10.2 Å². The first kappa shape index (κ1) is 19.8. The molecule has 0 radical (unpaired) electrons. The molecular weight excluding hydrogens is 424 g/mol. The molecule has 2 N–H and O–H groups in total. The Morgan fingerprint density at radius 3 is 2.36 bits per heavy atom. The lowest BCUT2D eigenvalue weighted by molar-refractivity contribution is -0.139. The maximum atomic E-state index is 12.8. The minimum absolute atomic E-state index is 0.0429. The smallest absolute Gasteiger partial charge is 0.295 e. The summed E-state index contributed by atoms with van der Waals surface area (Å²) in [4.78, 5) is 38.0. The summed E-state index contributed by atoms with van der Waals surface area (Å²) >= 11 is 3.38. The molecular formula is C21H19BrN2O4. The van der Waals surface area contributed by atoms with Crippen LogP contribution in [0.5, 0.6) is 0 Å². The van der Waals surface area contributed by atoms with Gasteiger partial charge in [0.25, 0.3) is 11.7 Å². The van der Waals surface area contributed by atoms with E-state index >= 15 is 0 Å². The van der Waals surface area contributed by atoms with Crippen LogP contribution in [0.3, 0.4) is 0 Å². The average molecular weight is 443 g/mol. The van der Waals surface area contributed by atoms with Crippen LogP contribution in [-0.2, 0) is 14.4 Å². The molecule has 0 spiro atoms. The van der Waals surface area contributed by atoms with E-state index < -0.39 is 17.7 Å². The van der Waals surface area contributed by atoms with E-state index in [4.69, 9.17) is 0 Å². The Morgan fingerprint density at radius 1 is 1.11 bits per heavy atom. The van der Waals surface area contributed by atoms with Crippen molar-refractivity contribution in [2.75, 3.05) is 13.1 Å². The second-order valence-corrected chi connectivity index (χ2v) is 7.31. The van der Waals surface area contributed by atoms with E-state index in [-0.39, 0.29) is 30.3 Å². The molecule has 2 aromatic carbocycles. The normalized spacial score (nSPS) is 18.4. The highest BCUT2D eigenvalue weighted by Gasteiger charge is 2.45. The van der Waals surface area contributed by atoms with Gasteiger partial charge in [0.15, 0.2) is 0 Å². The van der Waals surface area contributed by atoms with Gasteiger partial charge in [-0.15, -0.1) is 0 Å². The van der Waals surface area contributed by atoms with Gasteiger partial charge in [0.05, 0.1) is 11.6 Å². The molecule has 1 heterocycles. The lowest BCUT2D eigenvalue weighted by Crippen LogP contribution is -2.37. The number of Topliss-reactive ketones (excluding diaryl/α,β-unsaturated/α-hetero) is 1. The summed E-state index contributed by atoms with van der Waals surface area (Å²) in [5.41, 5.74) is 1.20. The first-order valence-electron chi connectivity index (χ1n) is 8.74. The van der Waals surface area contributed by atoms with Crippen LogP contribution in [0.25, 0.3) is 5.76 Å². The van der Waals surface area contributed by atoms with Gasteiger partial charge >= 0.3 is 0 Å². The lowest BCUT2D eigenvalue weighted by Gasteiger charge is -2.25. The first-order chi connectivity index (χ1) is 13.4. The van der Waals surface area contributed by atoms with Crippen LogP contribution in [0.4, 0.5) is 0 Å². The van der Waals surface area contributed by atoms with E-state index in [1.165, 1.54) is 11.8 Å². The third-order valence-electron chi connectivity index (χ3n) is 4.50. The number of ketones is 1. The Bertz CT molecular complexity index is 939. The molecule has 1 aliphatic rings. The zero-order chi connectivity index (χ0) is 20.3. The number of amides is 2. The molecule has 3 rings (SSSR count). The number of nitrogens with one attached hydrogen (secondary N) is 1. The van der Waals surface area contributed by atoms with Gasteiger partial charge in [-0.3, -0.25) is 14.4 Å². The van der Waals surface area contributed by atoms with Crippen LogP contribution in [0, 0.1) is 0 Å². The van der Waals surface area contributed by atoms with E-state index in [1.807, 2.05) is 12.1 Å². The van der Waals surface area contributed by atoms with E-state index in [9.17, 15) is 19.5 Å². The summed E-state index contributed by atoms with van der Waals surface area (Å²) in [6.07, 6.45) is 0. The highest BCUT2D eigenvalue weighted by Crippen LogP contribution is 2.39. The van der Waals surface area contributed by atoms with Gasteiger partial charge in [0, 0.05) is 30.0 Å². The molecule has 1 aliphatic heterocycles. The maximum absolute atomic E-state index is 12.8. The molecule has 6 nitrogen and oxygen atoms in total. The summed E-state index contributed by atoms with van der Waals surface area (Å²) in [6, 6.07) is 15.1. The van der Waals surface area contributed by atoms with Crippen LogP contribution >= 0.6 is 15.9 Å². The Balaban J connectivity index is 2.08. The van der Waals surface area contributed by atoms with Crippen LogP contribution in [-0.4, -0.2) is 40.7 Å². The van der Waals surface area contributed by atoms with E-state index in [0.29, 0.717) is 11.1 Å². The van der Waals surface area contributed by atoms with E-state index in [1.54, 1.807) is 42.5 Å². The Labute approximate surface area is 171 Å². The van der Waals surface area contributed by atoms with E-state index in [0.717, 1.165) is 4.47 Å². The van der Waals surface area contributed by atoms with Gasteiger partial charge in [-0.25, -0.2) is 0 Å². The van der Waals surface area contributed by atoms with Gasteiger partial charge in [-0.2, -0.15) is 0 Å². The fourth-order valence-corrected chi connectivity index (χ4v) is 3.47. The number of halogens is 1. The first-order valence-corrected chi connectivity index (χ1v) is 9.53. The number of nitrogens with zero attached hydrogens (tertiary/aromatic N) is 1. The lowest BCUT2D eigenvalue weighted by atomic mass is 9.95. The predicted octanol–water partition coefficient (Wildman–Crippen LogP) is 3.01. The number of hydrogen-bond donors (Lipinski definition) is 2. The highest BCUT2D eigenvalue weighted by molar-refractivity contribution is 9.10. The van der Waals surface area contributed by atoms with Gasteiger partial charge in [-0.1, -0.05) is 58.4 Å². The van der Waals surface area contributed by atoms with Crippen LogP contribution in [0.1, 0.15) is 24.1 Å². The molecule has 0 unspecified atom stereocenters. The summed E-state index contributed by atoms with van der Waals surface area (Å²) in [5, 5.41) is 13.5. The molecule has 1 saturated heterocycles. The van der Waals surface area contributed by atoms with Crippen molar-refractivity contribution in [2.45, 2.75) is 13.0 Å². The minimum atomic E-state index is -0.739. The second-order valence-electron chi connectivity index (χ2n) is 6.39. The van der Waals surface area contributed by atoms with E-state index in [2.05, 4.69) is 21.2 Å². The molecule has 2 aromatic rings. The number of rotatable bonds is 5. The number of aliphatic hydroxyl groups excluding tert-OH is 1. The molecule has 144 valence electrons. The van der Waals surface area contributed by atoms with Gasteiger partial charge in [-0.05, 0) is 17.7 Å².